The van der Waals surface area contributed by atoms with Crippen molar-refractivity contribution < 1.29 is 14.4 Å². The van der Waals surface area contributed by atoms with Gasteiger partial charge in [0, 0.05) is 12.3 Å². The summed E-state index contributed by atoms with van der Waals surface area (Å²) in [6, 6.07) is 9.05. The van der Waals surface area contributed by atoms with Gasteiger partial charge in [-0.1, -0.05) is 67.7 Å². The molecule has 2 aromatic rings. The predicted octanol–water partition coefficient (Wildman–Crippen LogP) is 3.55. The maximum Gasteiger partial charge on any atom is 0.322 e. The molecule has 1 saturated carbocycles. The van der Waals surface area contributed by atoms with Crippen molar-refractivity contribution in [3.05, 3.63) is 53.1 Å². The fourth-order valence-electron chi connectivity index (χ4n) is 5.25. The van der Waals surface area contributed by atoms with E-state index in [0.717, 1.165) is 23.4 Å². The first-order chi connectivity index (χ1) is 15.9. The number of rotatable bonds is 6. The summed E-state index contributed by atoms with van der Waals surface area (Å²) in [6.45, 7) is 4.01. The lowest BCUT2D eigenvalue weighted by Crippen LogP contribution is -2.53. The Labute approximate surface area is 196 Å². The number of aromatic nitrogens is 2. The molecule has 172 valence electrons. The van der Waals surface area contributed by atoms with Crippen LogP contribution in [0.2, 0.25) is 0 Å². The molecule has 2 bridgehead atoms. The van der Waals surface area contributed by atoms with Crippen molar-refractivity contribution >= 4 is 34.3 Å². The molecular weight excluding hydrogens is 438 g/mol. The van der Waals surface area contributed by atoms with Crippen LogP contribution in [-0.4, -0.2) is 39.1 Å². The molecule has 4 amide bonds. The van der Waals surface area contributed by atoms with E-state index in [0.29, 0.717) is 11.6 Å². The number of hydrogen-bond acceptors (Lipinski definition) is 6. The molecule has 5 atom stereocenters. The van der Waals surface area contributed by atoms with Crippen LogP contribution < -0.4 is 10.6 Å². The molecule has 4 aliphatic rings. The zero-order valence-electron chi connectivity index (χ0n) is 18.6. The number of anilines is 1. The Morgan fingerprint density at radius 1 is 1.06 bits per heavy atom. The van der Waals surface area contributed by atoms with Gasteiger partial charge in [-0.05, 0) is 30.2 Å². The second kappa shape index (κ2) is 8.70. The van der Waals surface area contributed by atoms with Gasteiger partial charge in [-0.25, -0.2) is 4.79 Å². The molecule has 1 saturated heterocycles. The lowest BCUT2D eigenvalue weighted by atomic mass is 9.63. The number of benzene rings is 1. The molecule has 2 N–H and O–H groups in total. The maximum atomic E-state index is 13.5. The number of amides is 4. The van der Waals surface area contributed by atoms with Crippen molar-refractivity contribution in [2.45, 2.75) is 45.2 Å². The summed E-state index contributed by atoms with van der Waals surface area (Å²) < 4.78 is 0. The molecule has 1 aromatic carbocycles. The Morgan fingerprint density at radius 2 is 1.70 bits per heavy atom. The average Bonchev–Trinajstić information content (AvgIpc) is 3.38. The number of allylic oxidation sites excluding steroid dienone is 2. The van der Waals surface area contributed by atoms with E-state index in [1.165, 1.54) is 16.2 Å². The lowest BCUT2D eigenvalue weighted by Gasteiger charge is -2.38. The van der Waals surface area contributed by atoms with E-state index >= 15 is 0 Å². The molecule has 33 heavy (non-hydrogen) atoms. The quantitative estimate of drug-likeness (QED) is 0.502. The van der Waals surface area contributed by atoms with Crippen LogP contribution in [0.1, 0.15) is 43.2 Å². The van der Waals surface area contributed by atoms with Gasteiger partial charge in [0.15, 0.2) is 0 Å². The van der Waals surface area contributed by atoms with E-state index in [9.17, 15) is 14.4 Å². The molecule has 3 aliphatic carbocycles. The van der Waals surface area contributed by atoms with Crippen molar-refractivity contribution in [1.82, 2.24) is 20.4 Å². The van der Waals surface area contributed by atoms with Crippen molar-refractivity contribution in [2.24, 2.45) is 23.7 Å². The van der Waals surface area contributed by atoms with E-state index < -0.39 is 12.2 Å². The predicted molar refractivity (Wildman–Crippen MR) is 124 cm³/mol. The molecule has 6 rings (SSSR count). The smallest absolute Gasteiger partial charge is 0.317 e. The molecule has 0 radical (unpaired) electrons. The Balaban J connectivity index is 1.38. The summed E-state index contributed by atoms with van der Waals surface area (Å²) in [5.74, 6) is -0.583. The number of carbonyl (C=O) groups excluding carboxylic acids is 3. The van der Waals surface area contributed by atoms with Crippen LogP contribution in [-0.2, 0) is 16.0 Å². The second-order valence-corrected chi connectivity index (χ2v) is 10.3. The Bertz CT molecular complexity index is 1070. The van der Waals surface area contributed by atoms with E-state index in [1.807, 2.05) is 44.2 Å². The van der Waals surface area contributed by atoms with E-state index in [4.69, 9.17) is 0 Å². The van der Waals surface area contributed by atoms with Gasteiger partial charge in [0.05, 0.1) is 11.8 Å². The Morgan fingerprint density at radius 3 is 2.24 bits per heavy atom. The number of likely N-dealkylation sites (tertiary alicyclic amines) is 1. The largest absolute Gasteiger partial charge is 0.322 e. The molecule has 9 heteroatoms. The van der Waals surface area contributed by atoms with Gasteiger partial charge in [-0.3, -0.25) is 19.8 Å². The van der Waals surface area contributed by atoms with Gasteiger partial charge in [-0.15, -0.1) is 10.2 Å². The minimum absolute atomic E-state index is 0.100. The number of nitrogens with zero attached hydrogens (tertiary/aromatic N) is 3. The number of carbonyl (C=O) groups is 3. The third-order valence-electron chi connectivity index (χ3n) is 6.83. The normalized spacial score (nSPS) is 26.6. The van der Waals surface area contributed by atoms with Crippen molar-refractivity contribution in [1.29, 1.82) is 0 Å². The van der Waals surface area contributed by atoms with Gasteiger partial charge >= 0.3 is 6.03 Å². The highest BCUT2D eigenvalue weighted by Crippen LogP contribution is 2.50. The number of fused-ring (bicyclic) bond motifs is 1. The van der Waals surface area contributed by atoms with Crippen LogP contribution in [0, 0.1) is 23.7 Å². The molecule has 2 heterocycles. The first-order valence-electron chi connectivity index (χ1n) is 11.4. The van der Waals surface area contributed by atoms with Gasteiger partial charge in [0.2, 0.25) is 16.9 Å². The van der Waals surface area contributed by atoms with E-state index in [1.54, 1.807) is 0 Å². The second-order valence-electron chi connectivity index (χ2n) is 9.29. The Hall–Kier alpha value is -3.07. The minimum atomic E-state index is -0.783. The summed E-state index contributed by atoms with van der Waals surface area (Å²) in [5, 5.41) is 14.9. The molecular formula is C24H27N5O3S. The highest BCUT2D eigenvalue weighted by molar-refractivity contribution is 7.15. The monoisotopic (exact) mass is 465 g/mol. The summed E-state index contributed by atoms with van der Waals surface area (Å²) >= 11 is 1.31. The summed E-state index contributed by atoms with van der Waals surface area (Å²) in [7, 11) is 0. The van der Waals surface area contributed by atoms with Crippen LogP contribution in [0.4, 0.5) is 9.93 Å². The van der Waals surface area contributed by atoms with Gasteiger partial charge in [0.1, 0.15) is 11.2 Å². The summed E-state index contributed by atoms with van der Waals surface area (Å²) in [5.41, 5.74) is 0.928. The standard InChI is InChI=1S/C24H27N5O3S/c1-13(2)20-27-28-24(33-20)26-23(32)25-17(12-14-6-4-3-5-7-14)29-21(30)18-15-8-9-16(11-10-15)19(18)22(29)31/h3-9,13,15-19H,10-12H2,1-2H3,(H2,25,26,28,32)/t15-,16-,17-,18-,19-/m0/s1. The number of nitrogens with one attached hydrogen (secondary N) is 2. The van der Waals surface area contributed by atoms with Crippen molar-refractivity contribution in [2.75, 3.05) is 5.32 Å². The lowest BCUT2D eigenvalue weighted by molar-refractivity contribution is -0.143. The van der Waals surface area contributed by atoms with Crippen LogP contribution in [0.25, 0.3) is 0 Å². The topological polar surface area (TPSA) is 104 Å². The zero-order chi connectivity index (χ0) is 23.1. The molecule has 1 aromatic heterocycles. The molecule has 2 fully saturated rings. The minimum Gasteiger partial charge on any atom is -0.317 e. The van der Waals surface area contributed by atoms with Gasteiger partial charge in [0.25, 0.3) is 0 Å². The highest BCUT2D eigenvalue weighted by atomic mass is 32.1. The molecule has 8 nitrogen and oxygen atoms in total. The fraction of sp³-hybridized carbons (Fsp3) is 0.458. The van der Waals surface area contributed by atoms with Crippen molar-refractivity contribution in [3.8, 4) is 0 Å². The average molecular weight is 466 g/mol. The third kappa shape index (κ3) is 4.06. The fourth-order valence-corrected chi connectivity index (χ4v) is 5.99. The first-order valence-corrected chi connectivity index (χ1v) is 12.2. The molecule has 0 spiro atoms. The maximum absolute atomic E-state index is 13.5. The van der Waals surface area contributed by atoms with E-state index in [2.05, 4.69) is 33.0 Å². The van der Waals surface area contributed by atoms with Crippen LogP contribution in [0.3, 0.4) is 0 Å². The number of hydrogen-bond donors (Lipinski definition) is 2. The highest BCUT2D eigenvalue weighted by Gasteiger charge is 2.58. The molecule has 1 aliphatic heterocycles. The Kier molecular flexibility index (Phi) is 5.74. The molecule has 0 unspecified atom stereocenters. The van der Waals surface area contributed by atoms with Crippen LogP contribution in [0.15, 0.2) is 42.5 Å². The van der Waals surface area contributed by atoms with Crippen LogP contribution in [0.5, 0.6) is 0 Å². The summed E-state index contributed by atoms with van der Waals surface area (Å²) in [6.07, 6.45) is 5.61. The van der Waals surface area contributed by atoms with Gasteiger partial charge in [-0.2, -0.15) is 0 Å². The third-order valence-corrected chi connectivity index (χ3v) is 7.97. The zero-order valence-corrected chi connectivity index (χ0v) is 19.4. The first kappa shape index (κ1) is 21.8. The SMILES string of the molecule is CC(C)c1nnc(NC(=O)N[C@H](Cc2ccccc2)N2C(=O)[C@@H]3[C@@H](C2=O)[C@H]2C=C[C@H]3CC2)s1. The van der Waals surface area contributed by atoms with Crippen LogP contribution >= 0.6 is 11.3 Å². The van der Waals surface area contributed by atoms with Crippen molar-refractivity contribution in [3.63, 3.8) is 0 Å². The van der Waals surface area contributed by atoms with E-state index in [-0.39, 0.29) is 41.4 Å². The van der Waals surface area contributed by atoms with Gasteiger partial charge < -0.3 is 5.32 Å². The number of imide groups is 1. The summed E-state index contributed by atoms with van der Waals surface area (Å²) in [4.78, 5) is 41.1. The number of urea groups is 1.